The van der Waals surface area contributed by atoms with Crippen LogP contribution in [0.15, 0.2) is 36.5 Å². The smallest absolute Gasteiger partial charge is 0.273 e. The lowest BCUT2D eigenvalue weighted by Crippen LogP contribution is -2.27. The minimum atomic E-state index is -0.607. The number of hydrogen-bond donors (Lipinski definition) is 3. The Labute approximate surface area is 190 Å². The van der Waals surface area contributed by atoms with Gasteiger partial charge in [0.05, 0.1) is 0 Å². The average molecular weight is 456 g/mol. The Hall–Kier alpha value is -3.63. The third kappa shape index (κ3) is 6.21. The normalized spacial score (nSPS) is 10.9. The second-order valence-electron chi connectivity index (χ2n) is 7.28. The standard InChI is InChI=1S/C23H25FN4O5/c1-32-9-3-8-25-23(31)20-21(30)19-17(22(28-20)27-18(29)13-33-2)11-15(12-26-19)10-14-4-6-16(24)7-5-14/h4-7,11-12,30H,3,8-10,13H2,1-2H3,(H,25,31)(H,27,28,29). The summed E-state index contributed by atoms with van der Waals surface area (Å²) in [5, 5.41) is 16.3. The molecule has 0 aliphatic carbocycles. The Bertz CT molecular complexity index is 1140. The molecule has 3 rings (SSSR count). The van der Waals surface area contributed by atoms with Crippen molar-refractivity contribution in [2.24, 2.45) is 0 Å². The molecule has 2 aromatic heterocycles. The van der Waals surface area contributed by atoms with Crippen LogP contribution in [0.2, 0.25) is 0 Å². The quantitative estimate of drug-likeness (QED) is 0.401. The van der Waals surface area contributed by atoms with Crippen molar-refractivity contribution in [2.45, 2.75) is 12.8 Å². The van der Waals surface area contributed by atoms with Gasteiger partial charge in [0.2, 0.25) is 0 Å². The number of aromatic nitrogens is 2. The van der Waals surface area contributed by atoms with Crippen molar-refractivity contribution in [3.8, 4) is 5.75 Å². The van der Waals surface area contributed by atoms with Gasteiger partial charge in [-0.1, -0.05) is 12.1 Å². The molecular weight excluding hydrogens is 431 g/mol. The van der Waals surface area contributed by atoms with Crippen molar-refractivity contribution in [3.05, 3.63) is 59.2 Å². The van der Waals surface area contributed by atoms with Gasteiger partial charge in [-0.05, 0) is 42.2 Å². The molecule has 0 aliphatic rings. The van der Waals surface area contributed by atoms with E-state index >= 15 is 0 Å². The summed E-state index contributed by atoms with van der Waals surface area (Å²) in [4.78, 5) is 33.3. The summed E-state index contributed by atoms with van der Waals surface area (Å²) in [6, 6.07) is 7.76. The molecule has 10 heteroatoms. The van der Waals surface area contributed by atoms with E-state index in [1.165, 1.54) is 19.2 Å². The van der Waals surface area contributed by atoms with Crippen LogP contribution >= 0.6 is 0 Å². The fourth-order valence-electron chi connectivity index (χ4n) is 3.20. The number of rotatable bonds is 10. The van der Waals surface area contributed by atoms with Crippen molar-refractivity contribution >= 4 is 28.5 Å². The summed E-state index contributed by atoms with van der Waals surface area (Å²) in [5.41, 5.74) is 1.45. The number of fused-ring (bicyclic) bond motifs is 1. The highest BCUT2D eigenvalue weighted by Gasteiger charge is 2.21. The highest BCUT2D eigenvalue weighted by Crippen LogP contribution is 2.32. The summed E-state index contributed by atoms with van der Waals surface area (Å²) < 4.78 is 23.0. The molecule has 174 valence electrons. The Morgan fingerprint density at radius 3 is 2.58 bits per heavy atom. The van der Waals surface area contributed by atoms with E-state index in [1.807, 2.05) is 0 Å². The summed E-state index contributed by atoms with van der Waals surface area (Å²) in [6.45, 7) is 0.570. The van der Waals surface area contributed by atoms with E-state index in [1.54, 1.807) is 31.5 Å². The third-order valence-corrected chi connectivity index (χ3v) is 4.75. The number of methoxy groups -OCH3 is 2. The first-order valence-corrected chi connectivity index (χ1v) is 10.2. The Balaban J connectivity index is 1.98. The number of carbonyl (C=O) groups is 2. The van der Waals surface area contributed by atoms with Gasteiger partial charge < -0.3 is 25.2 Å². The predicted octanol–water partition coefficient (Wildman–Crippen LogP) is 2.42. The number of aromatic hydroxyl groups is 1. The second kappa shape index (κ2) is 11.3. The van der Waals surface area contributed by atoms with Gasteiger partial charge in [0.1, 0.15) is 23.8 Å². The average Bonchev–Trinajstić information content (AvgIpc) is 2.80. The molecule has 2 amide bonds. The molecule has 1 aromatic carbocycles. The third-order valence-electron chi connectivity index (χ3n) is 4.75. The summed E-state index contributed by atoms with van der Waals surface area (Å²) >= 11 is 0. The zero-order valence-corrected chi connectivity index (χ0v) is 18.4. The maximum atomic E-state index is 13.2. The molecule has 9 nitrogen and oxygen atoms in total. The lowest BCUT2D eigenvalue weighted by molar-refractivity contribution is -0.119. The molecule has 3 aromatic rings. The molecule has 0 aliphatic heterocycles. The van der Waals surface area contributed by atoms with Crippen molar-refractivity contribution in [3.63, 3.8) is 0 Å². The molecule has 0 radical (unpaired) electrons. The zero-order chi connectivity index (χ0) is 23.8. The number of carbonyl (C=O) groups excluding carboxylic acids is 2. The molecule has 33 heavy (non-hydrogen) atoms. The zero-order valence-electron chi connectivity index (χ0n) is 18.4. The minimum Gasteiger partial charge on any atom is -0.504 e. The first kappa shape index (κ1) is 24.0. The Kier molecular flexibility index (Phi) is 8.22. The van der Waals surface area contributed by atoms with Gasteiger partial charge >= 0.3 is 0 Å². The molecule has 0 saturated heterocycles. The van der Waals surface area contributed by atoms with E-state index < -0.39 is 17.6 Å². The van der Waals surface area contributed by atoms with E-state index in [0.29, 0.717) is 31.4 Å². The second-order valence-corrected chi connectivity index (χ2v) is 7.28. The summed E-state index contributed by atoms with van der Waals surface area (Å²) in [6.07, 6.45) is 2.57. The highest BCUT2D eigenvalue weighted by molar-refractivity contribution is 6.07. The van der Waals surface area contributed by atoms with Gasteiger partial charge in [0.15, 0.2) is 11.4 Å². The first-order valence-electron chi connectivity index (χ1n) is 10.2. The number of halogens is 1. The molecule has 0 unspecified atom stereocenters. The van der Waals surface area contributed by atoms with Crippen LogP contribution in [-0.4, -0.2) is 60.9 Å². The summed E-state index contributed by atoms with van der Waals surface area (Å²) in [7, 11) is 2.94. The number of nitrogens with zero attached hydrogens (tertiary/aromatic N) is 2. The van der Waals surface area contributed by atoms with Gasteiger partial charge in [-0.25, -0.2) is 9.37 Å². The van der Waals surface area contributed by atoms with E-state index in [0.717, 1.165) is 11.1 Å². The van der Waals surface area contributed by atoms with Gasteiger partial charge in [0.25, 0.3) is 11.8 Å². The van der Waals surface area contributed by atoms with Crippen molar-refractivity contribution in [1.29, 1.82) is 0 Å². The van der Waals surface area contributed by atoms with Crippen molar-refractivity contribution < 1.29 is 28.6 Å². The summed E-state index contributed by atoms with van der Waals surface area (Å²) in [5.74, 6) is -1.74. The van der Waals surface area contributed by atoms with Gasteiger partial charge in [-0.3, -0.25) is 14.6 Å². The highest BCUT2D eigenvalue weighted by atomic mass is 19.1. The van der Waals surface area contributed by atoms with E-state index in [4.69, 9.17) is 9.47 Å². The van der Waals surface area contributed by atoms with Crippen molar-refractivity contribution in [2.75, 3.05) is 39.3 Å². The molecule has 0 fully saturated rings. The number of nitrogens with one attached hydrogen (secondary N) is 2. The molecule has 0 spiro atoms. The monoisotopic (exact) mass is 456 g/mol. The van der Waals surface area contributed by atoms with Crippen molar-refractivity contribution in [1.82, 2.24) is 15.3 Å². The topological polar surface area (TPSA) is 123 Å². The van der Waals surface area contributed by atoms with Crippen LogP contribution in [-0.2, 0) is 20.7 Å². The van der Waals surface area contributed by atoms with Gasteiger partial charge in [0, 0.05) is 39.0 Å². The van der Waals surface area contributed by atoms with Crippen LogP contribution in [0.25, 0.3) is 10.9 Å². The lowest BCUT2D eigenvalue weighted by atomic mass is 10.0. The number of anilines is 1. The van der Waals surface area contributed by atoms with Crippen LogP contribution in [0.5, 0.6) is 5.75 Å². The predicted molar refractivity (Wildman–Crippen MR) is 120 cm³/mol. The van der Waals surface area contributed by atoms with Gasteiger partial charge in [-0.2, -0.15) is 0 Å². The molecule has 2 heterocycles. The molecule has 0 saturated carbocycles. The molecule has 3 N–H and O–H groups in total. The largest absolute Gasteiger partial charge is 0.504 e. The van der Waals surface area contributed by atoms with Crippen LogP contribution < -0.4 is 10.6 Å². The molecule has 0 bridgehead atoms. The maximum absolute atomic E-state index is 13.2. The number of ether oxygens (including phenoxy) is 2. The van der Waals surface area contributed by atoms with Crippen LogP contribution in [0.1, 0.15) is 28.0 Å². The maximum Gasteiger partial charge on any atom is 0.273 e. The van der Waals surface area contributed by atoms with E-state index in [2.05, 4.69) is 20.6 Å². The lowest BCUT2D eigenvalue weighted by Gasteiger charge is -2.13. The molecule has 0 atom stereocenters. The van der Waals surface area contributed by atoms with Crippen LogP contribution in [0.3, 0.4) is 0 Å². The van der Waals surface area contributed by atoms with Crippen LogP contribution in [0, 0.1) is 5.82 Å². The van der Waals surface area contributed by atoms with E-state index in [-0.39, 0.29) is 29.5 Å². The fraction of sp³-hybridized carbons (Fsp3) is 0.304. The SMILES string of the molecule is COCCCNC(=O)c1nc(NC(=O)COC)c2cc(Cc3ccc(F)cc3)cnc2c1O. The van der Waals surface area contributed by atoms with Gasteiger partial charge in [-0.15, -0.1) is 0 Å². The van der Waals surface area contributed by atoms with E-state index in [9.17, 15) is 19.1 Å². The number of amides is 2. The number of hydrogen-bond acceptors (Lipinski definition) is 7. The Morgan fingerprint density at radius 2 is 1.88 bits per heavy atom. The minimum absolute atomic E-state index is 0.0698. The first-order chi connectivity index (χ1) is 15.9. The Morgan fingerprint density at radius 1 is 1.12 bits per heavy atom. The fourth-order valence-corrected chi connectivity index (χ4v) is 3.20. The number of pyridine rings is 2. The number of benzene rings is 1. The van der Waals surface area contributed by atoms with Crippen LogP contribution in [0.4, 0.5) is 10.2 Å². The molecular formula is C23H25FN4O5.